The average molecular weight is 495 g/mol. The van der Waals surface area contributed by atoms with Crippen LogP contribution in [-0.4, -0.2) is 28.9 Å². The van der Waals surface area contributed by atoms with Gasteiger partial charge < -0.3 is 5.73 Å². The van der Waals surface area contributed by atoms with Crippen molar-refractivity contribution in [3.05, 3.63) is 70.2 Å². The van der Waals surface area contributed by atoms with Crippen molar-refractivity contribution < 1.29 is 14.1 Å². The van der Waals surface area contributed by atoms with E-state index in [0.29, 0.717) is 43.8 Å². The number of benzene rings is 2. The van der Waals surface area contributed by atoms with E-state index < -0.39 is 17.4 Å². The van der Waals surface area contributed by atoms with Crippen molar-refractivity contribution in [1.82, 2.24) is 0 Å². The number of carbonyl (C=O) groups is 2. The number of rotatable bonds is 10. The van der Waals surface area contributed by atoms with Crippen LogP contribution in [0, 0.1) is 24.2 Å². The van der Waals surface area contributed by atoms with E-state index in [4.69, 9.17) is 17.3 Å². The first-order chi connectivity index (χ1) is 16.7. The van der Waals surface area contributed by atoms with Gasteiger partial charge in [0.1, 0.15) is 6.54 Å². The lowest BCUT2D eigenvalue weighted by Gasteiger charge is -2.37. The topological polar surface area (TPSA) is 83.9 Å². The molecule has 0 saturated carbocycles. The maximum Gasteiger partial charge on any atom is 0.314 e. The lowest BCUT2D eigenvalue weighted by atomic mass is 9.69. The summed E-state index contributed by atoms with van der Waals surface area (Å²) in [6, 6.07) is 17.7. The predicted octanol–water partition coefficient (Wildman–Crippen LogP) is 5.82. The lowest BCUT2D eigenvalue weighted by molar-refractivity contribution is -0.871. The third-order valence-corrected chi connectivity index (χ3v) is 8.29. The maximum atomic E-state index is 13.8. The second-order valence-corrected chi connectivity index (χ2v) is 10.6. The molecule has 2 N–H and O–H groups in total. The zero-order valence-electron chi connectivity index (χ0n) is 21.1. The fraction of sp³-hybridized carbons (Fsp3) is 0.483. The highest BCUT2D eigenvalue weighted by molar-refractivity contribution is 6.31. The number of unbranched alkanes of at least 4 members (excludes halogenated alkanes) is 1. The van der Waals surface area contributed by atoms with Crippen LogP contribution in [0.4, 0.5) is 0 Å². The normalized spacial score (nSPS) is 21.4. The van der Waals surface area contributed by atoms with Crippen LogP contribution in [0.5, 0.6) is 0 Å². The van der Waals surface area contributed by atoms with Gasteiger partial charge in [-0.25, -0.2) is 9.28 Å². The van der Waals surface area contributed by atoms with Crippen LogP contribution in [0.3, 0.4) is 0 Å². The van der Waals surface area contributed by atoms with Gasteiger partial charge in [-0.1, -0.05) is 74.3 Å². The Bertz CT molecular complexity index is 1070. The molecule has 6 heteroatoms. The number of hydrogen-bond donors (Lipinski definition) is 1. The Morgan fingerprint density at radius 1 is 1.17 bits per heavy atom. The van der Waals surface area contributed by atoms with E-state index in [2.05, 4.69) is 19.9 Å². The standard InChI is InChI=1S/C29H36ClN3O2/c1-21(2)29(20-31,23-12-5-4-6-13-23)17-8-7-16-27(34)33(18-10-15-26(33)28(32)35)19-24-22(3)11-9-14-25(24)30/h4-6,9,11-14,21,26H,7-8,10,15-19H2,1-3H3,(H-,32,35)/p+1/t26?,29-,33+/m0/s1. The predicted molar refractivity (Wildman–Crippen MR) is 139 cm³/mol. The second-order valence-electron chi connectivity index (χ2n) is 10.2. The van der Waals surface area contributed by atoms with E-state index in [1.165, 1.54) is 0 Å². The summed E-state index contributed by atoms with van der Waals surface area (Å²) in [6.45, 7) is 7.12. The molecule has 0 aliphatic carbocycles. The van der Waals surface area contributed by atoms with Gasteiger partial charge in [0.25, 0.3) is 5.91 Å². The van der Waals surface area contributed by atoms with Gasteiger partial charge in [0.05, 0.1) is 24.4 Å². The van der Waals surface area contributed by atoms with Crippen molar-refractivity contribution in [2.75, 3.05) is 6.54 Å². The van der Waals surface area contributed by atoms with Crippen molar-refractivity contribution in [1.29, 1.82) is 5.26 Å². The smallest absolute Gasteiger partial charge is 0.314 e. The molecule has 2 aromatic rings. The van der Waals surface area contributed by atoms with Gasteiger partial charge in [0.2, 0.25) is 0 Å². The summed E-state index contributed by atoms with van der Waals surface area (Å²) in [5, 5.41) is 10.8. The summed E-state index contributed by atoms with van der Waals surface area (Å²) < 4.78 is 0.0478. The molecular formula is C29H37ClN3O2+. The molecule has 1 unspecified atom stereocenters. The molecule has 1 aliphatic heterocycles. The van der Waals surface area contributed by atoms with Crippen molar-refractivity contribution in [2.24, 2.45) is 11.7 Å². The van der Waals surface area contributed by atoms with E-state index in [9.17, 15) is 14.9 Å². The Kier molecular flexibility index (Phi) is 8.74. The molecule has 186 valence electrons. The summed E-state index contributed by atoms with van der Waals surface area (Å²) in [7, 11) is 0. The third-order valence-electron chi connectivity index (χ3n) is 7.94. The fourth-order valence-electron chi connectivity index (χ4n) is 5.73. The minimum atomic E-state index is -0.589. The Labute approximate surface area is 214 Å². The number of nitrogens with two attached hydrogens (primary N) is 1. The molecule has 1 saturated heterocycles. The Hall–Kier alpha value is -2.68. The molecule has 1 fully saturated rings. The third kappa shape index (κ3) is 5.44. The molecule has 3 rings (SSSR count). The van der Waals surface area contributed by atoms with Gasteiger partial charge in [-0.2, -0.15) is 5.26 Å². The maximum absolute atomic E-state index is 13.8. The number of nitrogens with zero attached hydrogens (tertiary/aromatic N) is 2. The van der Waals surface area contributed by atoms with Crippen LogP contribution in [0.1, 0.15) is 69.1 Å². The van der Waals surface area contributed by atoms with Crippen LogP contribution in [0.15, 0.2) is 48.5 Å². The number of primary amides is 1. The summed E-state index contributed by atoms with van der Waals surface area (Å²) >= 11 is 6.51. The number of carbonyl (C=O) groups excluding carboxylic acids is 2. The monoisotopic (exact) mass is 494 g/mol. The summed E-state index contributed by atoms with van der Waals surface area (Å²) in [5.74, 6) is -0.240. The van der Waals surface area contributed by atoms with Crippen LogP contribution >= 0.6 is 11.6 Å². The highest BCUT2D eigenvalue weighted by atomic mass is 35.5. The SMILES string of the molecule is Cc1cccc(Cl)c1C[N@+]1(C(=O)CCCC[C@@](C#N)(c2ccccc2)C(C)C)CCCC1C(N)=O. The Morgan fingerprint density at radius 3 is 2.49 bits per heavy atom. The minimum Gasteiger partial charge on any atom is -0.364 e. The molecule has 0 spiro atoms. The first-order valence-electron chi connectivity index (χ1n) is 12.6. The molecule has 2 amide bonds. The van der Waals surface area contributed by atoms with Crippen molar-refractivity contribution in [2.45, 2.75) is 77.3 Å². The number of aryl methyl sites for hydroxylation is 1. The molecule has 5 nitrogen and oxygen atoms in total. The van der Waals surface area contributed by atoms with Gasteiger partial charge in [-0.05, 0) is 42.9 Å². The van der Waals surface area contributed by atoms with Crippen molar-refractivity contribution in [3.8, 4) is 6.07 Å². The van der Waals surface area contributed by atoms with Crippen LogP contribution in [-0.2, 0) is 21.5 Å². The minimum absolute atomic E-state index is 0.0393. The molecule has 35 heavy (non-hydrogen) atoms. The van der Waals surface area contributed by atoms with Gasteiger partial charge >= 0.3 is 5.91 Å². The van der Waals surface area contributed by atoms with E-state index in [1.54, 1.807) is 0 Å². The van der Waals surface area contributed by atoms with E-state index in [-0.39, 0.29) is 16.3 Å². The van der Waals surface area contributed by atoms with E-state index >= 15 is 0 Å². The fourth-order valence-corrected chi connectivity index (χ4v) is 6.02. The quantitative estimate of drug-likeness (QED) is 0.333. The van der Waals surface area contributed by atoms with Gasteiger partial charge in [-0.3, -0.25) is 4.79 Å². The van der Waals surface area contributed by atoms with Gasteiger partial charge in [0.15, 0.2) is 6.04 Å². The largest absolute Gasteiger partial charge is 0.364 e. The molecule has 3 atom stereocenters. The van der Waals surface area contributed by atoms with Gasteiger partial charge in [0, 0.05) is 23.4 Å². The molecule has 0 bridgehead atoms. The van der Waals surface area contributed by atoms with Crippen LogP contribution < -0.4 is 5.73 Å². The number of quaternary nitrogens is 1. The van der Waals surface area contributed by atoms with Gasteiger partial charge in [-0.15, -0.1) is 0 Å². The lowest BCUT2D eigenvalue weighted by Crippen LogP contribution is -2.59. The number of amides is 2. The van der Waals surface area contributed by atoms with Crippen molar-refractivity contribution in [3.63, 3.8) is 0 Å². The highest BCUT2D eigenvalue weighted by Crippen LogP contribution is 2.38. The molecule has 2 aromatic carbocycles. The zero-order valence-corrected chi connectivity index (χ0v) is 21.9. The van der Waals surface area contributed by atoms with Crippen LogP contribution in [0.25, 0.3) is 0 Å². The zero-order chi connectivity index (χ0) is 25.6. The number of likely N-dealkylation sites (tertiary alicyclic amines) is 1. The first-order valence-corrected chi connectivity index (χ1v) is 13.0. The Balaban J connectivity index is 1.78. The second kappa shape index (κ2) is 11.4. The average Bonchev–Trinajstić information content (AvgIpc) is 3.27. The summed E-state index contributed by atoms with van der Waals surface area (Å²) in [4.78, 5) is 26.2. The Morgan fingerprint density at radius 2 is 1.89 bits per heavy atom. The molecular weight excluding hydrogens is 458 g/mol. The molecule has 0 aromatic heterocycles. The highest BCUT2D eigenvalue weighted by Gasteiger charge is 2.51. The van der Waals surface area contributed by atoms with Crippen LogP contribution in [0.2, 0.25) is 5.02 Å². The van der Waals surface area contributed by atoms with E-state index in [0.717, 1.165) is 29.5 Å². The number of hydrogen-bond acceptors (Lipinski definition) is 3. The number of halogens is 1. The first kappa shape index (κ1) is 26.9. The molecule has 1 aliphatic rings. The summed E-state index contributed by atoms with van der Waals surface area (Å²) in [6.07, 6.45) is 3.84. The number of nitriles is 1. The molecule has 0 radical (unpaired) electrons. The molecule has 1 heterocycles. The summed E-state index contributed by atoms with van der Waals surface area (Å²) in [5.41, 5.74) is 8.14. The van der Waals surface area contributed by atoms with Crippen molar-refractivity contribution >= 4 is 23.4 Å². The van der Waals surface area contributed by atoms with E-state index in [1.807, 2.05) is 55.5 Å².